The second-order valence-corrected chi connectivity index (χ2v) is 3.47. The van der Waals surface area contributed by atoms with Gasteiger partial charge in [0.2, 0.25) is 0 Å². The molecule has 6 heteroatoms. The Balaban J connectivity index is 2.64. The van der Waals surface area contributed by atoms with Gasteiger partial charge in [-0.05, 0) is 25.3 Å². The van der Waals surface area contributed by atoms with E-state index in [2.05, 4.69) is 5.32 Å². The summed E-state index contributed by atoms with van der Waals surface area (Å²) in [7, 11) is 0. The lowest BCUT2D eigenvalue weighted by atomic mass is 9.88. The van der Waals surface area contributed by atoms with E-state index in [9.17, 15) is 18.0 Å². The molecule has 2 N–H and O–H groups in total. The highest BCUT2D eigenvalue weighted by atomic mass is 19.4. The van der Waals surface area contributed by atoms with Crippen LogP contribution in [0, 0.1) is 5.92 Å². The summed E-state index contributed by atoms with van der Waals surface area (Å²) in [5.41, 5.74) is 0. The largest absolute Gasteiger partial charge is 0.481 e. The van der Waals surface area contributed by atoms with Gasteiger partial charge >= 0.3 is 12.1 Å². The van der Waals surface area contributed by atoms with E-state index < -0.39 is 30.5 Å². The normalized spacial score (nSPS) is 28.8. The van der Waals surface area contributed by atoms with E-state index in [-0.39, 0.29) is 0 Å². The lowest BCUT2D eigenvalue weighted by Gasteiger charge is -2.33. The van der Waals surface area contributed by atoms with E-state index in [1.807, 2.05) is 0 Å². The summed E-state index contributed by atoms with van der Waals surface area (Å²) in [6.07, 6.45) is -3.84. The average Bonchev–Trinajstić information content (AvgIpc) is 2.01. The van der Waals surface area contributed by atoms with Gasteiger partial charge < -0.3 is 10.4 Å². The number of carboxylic acids is 1. The number of carbonyl (C=O) groups is 1. The SMILES string of the molecule is O=C(O)CC1CCCNC1C(F)(F)F. The molecule has 0 aromatic heterocycles. The van der Waals surface area contributed by atoms with Gasteiger partial charge in [0.25, 0.3) is 0 Å². The van der Waals surface area contributed by atoms with Crippen molar-refractivity contribution in [2.75, 3.05) is 6.54 Å². The Morgan fingerprint density at radius 3 is 2.64 bits per heavy atom. The van der Waals surface area contributed by atoms with E-state index in [1.165, 1.54) is 0 Å². The molecule has 1 saturated heterocycles. The quantitative estimate of drug-likeness (QED) is 0.725. The van der Waals surface area contributed by atoms with Crippen molar-refractivity contribution >= 4 is 5.97 Å². The van der Waals surface area contributed by atoms with Crippen molar-refractivity contribution in [1.29, 1.82) is 0 Å². The second kappa shape index (κ2) is 4.16. The van der Waals surface area contributed by atoms with Gasteiger partial charge in [-0.2, -0.15) is 13.2 Å². The summed E-state index contributed by atoms with van der Waals surface area (Å²) in [5, 5.41) is 10.8. The van der Waals surface area contributed by atoms with Crippen LogP contribution in [0.1, 0.15) is 19.3 Å². The van der Waals surface area contributed by atoms with Crippen LogP contribution < -0.4 is 5.32 Å². The van der Waals surface area contributed by atoms with Crippen molar-refractivity contribution in [3.05, 3.63) is 0 Å². The summed E-state index contributed by atoms with van der Waals surface area (Å²) < 4.78 is 37.2. The predicted molar refractivity (Wildman–Crippen MR) is 42.8 cm³/mol. The van der Waals surface area contributed by atoms with Gasteiger partial charge in [-0.15, -0.1) is 0 Å². The van der Waals surface area contributed by atoms with Crippen LogP contribution in [-0.2, 0) is 4.79 Å². The van der Waals surface area contributed by atoms with Crippen molar-refractivity contribution in [2.24, 2.45) is 5.92 Å². The fourth-order valence-electron chi connectivity index (χ4n) is 1.78. The minimum Gasteiger partial charge on any atom is -0.481 e. The van der Waals surface area contributed by atoms with Crippen molar-refractivity contribution in [1.82, 2.24) is 5.32 Å². The molecule has 0 aromatic rings. The molecule has 2 atom stereocenters. The fraction of sp³-hybridized carbons (Fsp3) is 0.875. The topological polar surface area (TPSA) is 49.3 Å². The Bertz CT molecular complexity index is 217. The first kappa shape index (κ1) is 11.3. The van der Waals surface area contributed by atoms with Gasteiger partial charge in [0.15, 0.2) is 0 Å². The fourth-order valence-corrected chi connectivity index (χ4v) is 1.78. The number of carboxylic acid groups (broad SMARTS) is 1. The molecule has 0 aliphatic carbocycles. The summed E-state index contributed by atoms with van der Waals surface area (Å²) in [6.45, 7) is 0.306. The minimum atomic E-state index is -4.35. The molecule has 1 aliphatic heterocycles. The Hall–Kier alpha value is -0.780. The molecule has 0 spiro atoms. The van der Waals surface area contributed by atoms with Crippen LogP contribution in [-0.4, -0.2) is 29.8 Å². The molecule has 0 saturated carbocycles. The van der Waals surface area contributed by atoms with Crippen molar-refractivity contribution in [3.63, 3.8) is 0 Å². The highest BCUT2D eigenvalue weighted by Crippen LogP contribution is 2.32. The lowest BCUT2D eigenvalue weighted by Crippen LogP contribution is -2.51. The number of hydrogen-bond donors (Lipinski definition) is 2. The van der Waals surface area contributed by atoms with Gasteiger partial charge in [0, 0.05) is 6.42 Å². The number of aliphatic carboxylic acids is 1. The number of nitrogens with one attached hydrogen (secondary N) is 1. The van der Waals surface area contributed by atoms with Gasteiger partial charge in [-0.25, -0.2) is 0 Å². The van der Waals surface area contributed by atoms with E-state index in [0.29, 0.717) is 19.4 Å². The predicted octanol–water partition coefficient (Wildman–Crippen LogP) is 1.39. The van der Waals surface area contributed by atoms with Crippen molar-refractivity contribution < 1.29 is 23.1 Å². The molecule has 1 fully saturated rings. The van der Waals surface area contributed by atoms with Crippen LogP contribution in [0.2, 0.25) is 0 Å². The molecule has 0 radical (unpaired) electrons. The lowest BCUT2D eigenvalue weighted by molar-refractivity contribution is -0.175. The maximum absolute atomic E-state index is 12.4. The maximum Gasteiger partial charge on any atom is 0.404 e. The summed E-state index contributed by atoms with van der Waals surface area (Å²) in [4.78, 5) is 10.3. The van der Waals surface area contributed by atoms with Crippen LogP contribution in [0.3, 0.4) is 0 Å². The number of halogens is 3. The van der Waals surface area contributed by atoms with Gasteiger partial charge in [0.1, 0.15) is 6.04 Å². The van der Waals surface area contributed by atoms with E-state index >= 15 is 0 Å². The minimum absolute atomic E-state index is 0.306. The molecule has 1 aliphatic rings. The molecule has 0 bridgehead atoms. The molecule has 82 valence electrons. The second-order valence-electron chi connectivity index (χ2n) is 3.47. The third-order valence-corrected chi connectivity index (χ3v) is 2.38. The number of rotatable bonds is 2. The zero-order chi connectivity index (χ0) is 10.8. The molecule has 3 nitrogen and oxygen atoms in total. The highest BCUT2D eigenvalue weighted by Gasteiger charge is 2.45. The Morgan fingerprint density at radius 2 is 2.14 bits per heavy atom. The summed E-state index contributed by atoms with van der Waals surface area (Å²) in [6, 6.07) is -1.66. The molecular weight excluding hydrogens is 199 g/mol. The third kappa shape index (κ3) is 2.87. The molecule has 0 amide bonds. The van der Waals surface area contributed by atoms with E-state index in [0.717, 1.165) is 0 Å². The number of hydrogen-bond acceptors (Lipinski definition) is 2. The molecule has 0 aromatic carbocycles. The first-order valence-electron chi connectivity index (χ1n) is 4.43. The van der Waals surface area contributed by atoms with Crippen molar-refractivity contribution in [2.45, 2.75) is 31.5 Å². The first-order valence-corrected chi connectivity index (χ1v) is 4.43. The van der Waals surface area contributed by atoms with Crippen molar-refractivity contribution in [3.8, 4) is 0 Å². The smallest absolute Gasteiger partial charge is 0.404 e. The zero-order valence-corrected chi connectivity index (χ0v) is 7.47. The standard InChI is InChI=1S/C8H12F3NO2/c9-8(10,11)7-5(4-6(13)14)2-1-3-12-7/h5,7,12H,1-4H2,(H,13,14). The maximum atomic E-state index is 12.4. The Morgan fingerprint density at radius 1 is 1.50 bits per heavy atom. The monoisotopic (exact) mass is 211 g/mol. The van der Waals surface area contributed by atoms with Crippen LogP contribution in [0.15, 0.2) is 0 Å². The van der Waals surface area contributed by atoms with Gasteiger partial charge in [-0.3, -0.25) is 4.79 Å². The average molecular weight is 211 g/mol. The zero-order valence-electron chi connectivity index (χ0n) is 7.47. The molecular formula is C8H12F3NO2. The van der Waals surface area contributed by atoms with Crippen LogP contribution in [0.5, 0.6) is 0 Å². The van der Waals surface area contributed by atoms with Gasteiger partial charge in [-0.1, -0.05) is 0 Å². The van der Waals surface area contributed by atoms with Crippen LogP contribution >= 0.6 is 0 Å². The Labute approximate surface area is 79.3 Å². The van der Waals surface area contributed by atoms with Crippen LogP contribution in [0.4, 0.5) is 13.2 Å². The van der Waals surface area contributed by atoms with Crippen LogP contribution in [0.25, 0.3) is 0 Å². The number of piperidine rings is 1. The summed E-state index contributed by atoms with van der Waals surface area (Å²) >= 11 is 0. The summed E-state index contributed by atoms with van der Waals surface area (Å²) in [5.74, 6) is -2.01. The van der Waals surface area contributed by atoms with E-state index in [4.69, 9.17) is 5.11 Å². The molecule has 14 heavy (non-hydrogen) atoms. The molecule has 2 unspecified atom stereocenters. The van der Waals surface area contributed by atoms with Gasteiger partial charge in [0.05, 0.1) is 0 Å². The molecule has 1 rings (SSSR count). The third-order valence-electron chi connectivity index (χ3n) is 2.38. The first-order chi connectivity index (χ1) is 6.41. The highest BCUT2D eigenvalue weighted by molar-refractivity contribution is 5.67. The Kier molecular flexibility index (Phi) is 3.36. The van der Waals surface area contributed by atoms with E-state index in [1.54, 1.807) is 0 Å². The molecule has 1 heterocycles. The number of alkyl halides is 3.